The SMILES string of the molecule is Cc1nc(C)c(Cc2ccccc2)c(N2CCN(C(=O)NC3CCCCC3)CC2)n1. The molecule has 2 aliphatic rings. The van der Waals surface area contributed by atoms with Crippen molar-refractivity contribution in [1.82, 2.24) is 20.2 Å². The first-order chi connectivity index (χ1) is 14.6. The Balaban J connectivity index is 1.43. The summed E-state index contributed by atoms with van der Waals surface area (Å²) in [6.07, 6.45) is 6.82. The van der Waals surface area contributed by atoms with Crippen LogP contribution in [0.1, 0.15) is 54.7 Å². The number of aromatic nitrogens is 2. The highest BCUT2D eigenvalue weighted by molar-refractivity contribution is 5.75. The van der Waals surface area contributed by atoms with Gasteiger partial charge in [-0.1, -0.05) is 49.6 Å². The molecule has 1 N–H and O–H groups in total. The van der Waals surface area contributed by atoms with Gasteiger partial charge >= 0.3 is 6.03 Å². The first-order valence-corrected chi connectivity index (χ1v) is 11.3. The first-order valence-electron chi connectivity index (χ1n) is 11.3. The van der Waals surface area contributed by atoms with Crippen molar-refractivity contribution in [2.75, 3.05) is 31.1 Å². The van der Waals surface area contributed by atoms with E-state index in [0.717, 1.165) is 62.8 Å². The molecule has 0 radical (unpaired) electrons. The van der Waals surface area contributed by atoms with E-state index in [2.05, 4.69) is 46.4 Å². The number of carbonyl (C=O) groups is 1. The van der Waals surface area contributed by atoms with Gasteiger partial charge in [0.05, 0.1) is 0 Å². The predicted molar refractivity (Wildman–Crippen MR) is 120 cm³/mol. The van der Waals surface area contributed by atoms with E-state index >= 15 is 0 Å². The van der Waals surface area contributed by atoms with Crippen molar-refractivity contribution in [3.8, 4) is 0 Å². The van der Waals surface area contributed by atoms with Gasteiger partial charge in [0.2, 0.25) is 0 Å². The average molecular weight is 408 g/mol. The van der Waals surface area contributed by atoms with Crippen LogP contribution < -0.4 is 10.2 Å². The van der Waals surface area contributed by atoms with Crippen LogP contribution in [0.3, 0.4) is 0 Å². The molecule has 1 aliphatic heterocycles. The molecule has 0 bridgehead atoms. The second kappa shape index (κ2) is 9.45. The maximum atomic E-state index is 12.7. The highest BCUT2D eigenvalue weighted by atomic mass is 16.2. The van der Waals surface area contributed by atoms with Crippen molar-refractivity contribution in [3.63, 3.8) is 0 Å². The Morgan fingerprint density at radius 3 is 2.40 bits per heavy atom. The van der Waals surface area contributed by atoms with E-state index in [-0.39, 0.29) is 6.03 Å². The van der Waals surface area contributed by atoms with Gasteiger partial charge in [-0.25, -0.2) is 14.8 Å². The Kier molecular flexibility index (Phi) is 6.50. The zero-order chi connectivity index (χ0) is 20.9. The maximum Gasteiger partial charge on any atom is 0.317 e. The molecule has 1 aromatic carbocycles. The largest absolute Gasteiger partial charge is 0.353 e. The van der Waals surface area contributed by atoms with Gasteiger partial charge in [0.15, 0.2) is 0 Å². The molecular weight excluding hydrogens is 374 g/mol. The number of anilines is 1. The van der Waals surface area contributed by atoms with E-state index in [1.54, 1.807) is 0 Å². The number of aryl methyl sites for hydroxylation is 2. The molecule has 6 heteroatoms. The third-order valence-electron chi connectivity index (χ3n) is 6.33. The van der Waals surface area contributed by atoms with Crippen LogP contribution in [0, 0.1) is 13.8 Å². The summed E-state index contributed by atoms with van der Waals surface area (Å²) in [6.45, 7) is 7.09. The lowest BCUT2D eigenvalue weighted by Crippen LogP contribution is -2.54. The number of nitrogens with zero attached hydrogens (tertiary/aromatic N) is 4. The van der Waals surface area contributed by atoms with E-state index in [4.69, 9.17) is 4.98 Å². The van der Waals surface area contributed by atoms with E-state index in [1.807, 2.05) is 17.9 Å². The monoisotopic (exact) mass is 407 g/mol. The standard InChI is InChI=1S/C24H33N5O/c1-18-22(17-20-9-5-3-6-10-20)23(26-19(2)25-18)28-13-15-29(16-14-28)24(30)27-21-11-7-4-8-12-21/h3,5-6,9-10,21H,4,7-8,11-17H2,1-2H3,(H,27,30). The number of benzene rings is 1. The number of hydrogen-bond acceptors (Lipinski definition) is 4. The summed E-state index contributed by atoms with van der Waals surface area (Å²) < 4.78 is 0. The number of carbonyl (C=O) groups excluding carboxylic acids is 1. The van der Waals surface area contributed by atoms with Gasteiger partial charge < -0.3 is 15.1 Å². The van der Waals surface area contributed by atoms with Gasteiger partial charge in [-0.2, -0.15) is 0 Å². The van der Waals surface area contributed by atoms with Crippen LogP contribution in [0.15, 0.2) is 30.3 Å². The lowest BCUT2D eigenvalue weighted by atomic mass is 9.96. The summed E-state index contributed by atoms with van der Waals surface area (Å²) in [4.78, 5) is 26.4. The molecule has 1 saturated heterocycles. The van der Waals surface area contributed by atoms with Crippen molar-refractivity contribution in [2.24, 2.45) is 0 Å². The number of piperazine rings is 1. The lowest BCUT2D eigenvalue weighted by molar-refractivity contribution is 0.186. The Hall–Kier alpha value is -2.63. The van der Waals surface area contributed by atoms with Gasteiger partial charge in [0.25, 0.3) is 0 Å². The molecule has 30 heavy (non-hydrogen) atoms. The minimum absolute atomic E-state index is 0.0982. The summed E-state index contributed by atoms with van der Waals surface area (Å²) in [5, 5.41) is 3.25. The summed E-state index contributed by atoms with van der Waals surface area (Å²) in [5.74, 6) is 1.83. The quantitative estimate of drug-likeness (QED) is 0.836. The Morgan fingerprint density at radius 2 is 1.70 bits per heavy atom. The van der Waals surface area contributed by atoms with Crippen molar-refractivity contribution >= 4 is 11.8 Å². The first kappa shape index (κ1) is 20.6. The highest BCUT2D eigenvalue weighted by Gasteiger charge is 2.26. The van der Waals surface area contributed by atoms with Gasteiger partial charge in [-0.15, -0.1) is 0 Å². The van der Waals surface area contributed by atoms with Crippen LogP contribution in [0.2, 0.25) is 0 Å². The fourth-order valence-corrected chi connectivity index (χ4v) is 4.62. The highest BCUT2D eigenvalue weighted by Crippen LogP contribution is 2.25. The van der Waals surface area contributed by atoms with Crippen LogP contribution in [0.25, 0.3) is 0 Å². The molecule has 2 aromatic rings. The molecule has 0 spiro atoms. The van der Waals surface area contributed by atoms with E-state index < -0.39 is 0 Å². The Labute approximate surface area is 179 Å². The summed E-state index contributed by atoms with van der Waals surface area (Å²) in [6, 6.07) is 10.9. The molecule has 160 valence electrons. The zero-order valence-electron chi connectivity index (χ0n) is 18.2. The fraction of sp³-hybridized carbons (Fsp3) is 0.542. The molecule has 2 amide bonds. The van der Waals surface area contributed by atoms with Crippen LogP contribution >= 0.6 is 0 Å². The second-order valence-corrected chi connectivity index (χ2v) is 8.58. The summed E-state index contributed by atoms with van der Waals surface area (Å²) in [7, 11) is 0. The van der Waals surface area contributed by atoms with Crippen molar-refractivity contribution in [1.29, 1.82) is 0 Å². The Bertz CT molecular complexity index is 855. The molecule has 1 saturated carbocycles. The number of nitrogens with one attached hydrogen (secondary N) is 1. The molecule has 0 atom stereocenters. The maximum absolute atomic E-state index is 12.7. The van der Waals surface area contributed by atoms with E-state index in [0.29, 0.717) is 6.04 Å². The molecule has 2 fully saturated rings. The van der Waals surface area contributed by atoms with Crippen molar-refractivity contribution in [2.45, 2.75) is 58.4 Å². The molecule has 2 heterocycles. The van der Waals surface area contributed by atoms with E-state index in [9.17, 15) is 4.79 Å². The normalized spacial score (nSPS) is 17.8. The molecular formula is C24H33N5O. The van der Waals surface area contributed by atoms with Gasteiger partial charge in [0.1, 0.15) is 11.6 Å². The predicted octanol–water partition coefficient (Wildman–Crippen LogP) is 3.85. The number of amides is 2. The van der Waals surface area contributed by atoms with E-state index in [1.165, 1.54) is 30.4 Å². The lowest BCUT2D eigenvalue weighted by Gasteiger charge is -2.37. The molecule has 1 aliphatic carbocycles. The van der Waals surface area contributed by atoms with Crippen molar-refractivity contribution < 1.29 is 4.79 Å². The third-order valence-corrected chi connectivity index (χ3v) is 6.33. The number of urea groups is 1. The smallest absolute Gasteiger partial charge is 0.317 e. The van der Waals surface area contributed by atoms with Gasteiger partial charge in [-0.3, -0.25) is 0 Å². The van der Waals surface area contributed by atoms with Gasteiger partial charge in [-0.05, 0) is 32.3 Å². The van der Waals surface area contributed by atoms with Crippen LogP contribution in [-0.4, -0.2) is 53.1 Å². The minimum atomic E-state index is 0.0982. The molecule has 4 rings (SSSR count). The molecule has 1 aromatic heterocycles. The van der Waals surface area contributed by atoms with Gasteiger partial charge in [0, 0.05) is 49.9 Å². The topological polar surface area (TPSA) is 61.4 Å². The Morgan fingerprint density at radius 1 is 1.00 bits per heavy atom. The molecule has 0 unspecified atom stereocenters. The minimum Gasteiger partial charge on any atom is -0.353 e. The number of rotatable bonds is 4. The summed E-state index contributed by atoms with van der Waals surface area (Å²) >= 11 is 0. The third kappa shape index (κ3) is 4.91. The van der Waals surface area contributed by atoms with Crippen LogP contribution in [-0.2, 0) is 6.42 Å². The van der Waals surface area contributed by atoms with Crippen molar-refractivity contribution in [3.05, 3.63) is 53.0 Å². The number of hydrogen-bond donors (Lipinski definition) is 1. The fourth-order valence-electron chi connectivity index (χ4n) is 4.62. The molecule has 6 nitrogen and oxygen atoms in total. The van der Waals surface area contributed by atoms with Crippen LogP contribution in [0.5, 0.6) is 0 Å². The van der Waals surface area contributed by atoms with Crippen LogP contribution in [0.4, 0.5) is 10.6 Å². The summed E-state index contributed by atoms with van der Waals surface area (Å²) in [5.41, 5.74) is 3.49. The average Bonchev–Trinajstić information content (AvgIpc) is 2.77. The zero-order valence-corrected chi connectivity index (χ0v) is 18.2. The second-order valence-electron chi connectivity index (χ2n) is 8.58.